The van der Waals surface area contributed by atoms with Gasteiger partial charge in [0.05, 0.1) is 0 Å². The zero-order valence-electron chi connectivity index (χ0n) is 3.07. The predicted molar refractivity (Wildman–Crippen MR) is 22.3 cm³/mol. The average Bonchev–Trinajstić information content (AvgIpc) is 0. The maximum Gasteiger partial charge on any atom is 0 e. The van der Waals surface area contributed by atoms with Crippen molar-refractivity contribution in [2.75, 3.05) is 0 Å². The van der Waals surface area contributed by atoms with Crippen LogP contribution in [-0.4, -0.2) is 0 Å². The minimum Gasteiger partial charge on any atom is -0.693 e. The molecule has 0 atom stereocenters. The van der Waals surface area contributed by atoms with E-state index < -0.39 is 0 Å². The Balaban J connectivity index is 0. The van der Waals surface area contributed by atoms with Crippen LogP contribution < -0.4 is 0 Å². The van der Waals surface area contributed by atoms with E-state index in [0.29, 0.717) is 0 Å². The standard InChI is InChI=1S/CH3.Ir.3H2N/h1H3;;3*1H2/q-1;;3*-1. The van der Waals surface area contributed by atoms with Crippen LogP contribution in [0.2, 0.25) is 0 Å². The van der Waals surface area contributed by atoms with Crippen LogP contribution >= 0.6 is 0 Å². The molecule has 5 heavy (non-hydrogen) atoms. The second kappa shape index (κ2) is 201. The Labute approximate surface area is 46.6 Å². The van der Waals surface area contributed by atoms with Gasteiger partial charge in [-0.2, -0.15) is 0 Å². The van der Waals surface area contributed by atoms with E-state index in [-0.39, 0.29) is 46.0 Å². The Morgan fingerprint density at radius 3 is 0.600 bits per heavy atom. The fourth-order valence-corrected chi connectivity index (χ4v) is 0. The molecule has 0 aromatic heterocycles. The molecule has 41 valence electrons. The van der Waals surface area contributed by atoms with Crippen molar-refractivity contribution in [2.24, 2.45) is 0 Å². The van der Waals surface area contributed by atoms with Gasteiger partial charge in [-0.05, 0) is 0 Å². The van der Waals surface area contributed by atoms with Crippen molar-refractivity contribution in [1.82, 2.24) is 0 Å². The van der Waals surface area contributed by atoms with Crippen LogP contribution in [0.1, 0.15) is 0 Å². The van der Waals surface area contributed by atoms with Gasteiger partial charge in [-0.1, -0.05) is 0 Å². The zero-order chi connectivity index (χ0) is 0. The van der Waals surface area contributed by atoms with E-state index in [2.05, 4.69) is 0 Å². The van der Waals surface area contributed by atoms with Gasteiger partial charge in [0.2, 0.25) is 0 Å². The molecule has 0 aliphatic carbocycles. The third-order valence-corrected chi connectivity index (χ3v) is 0. The topological polar surface area (TPSA) is 100 Å². The first-order valence-electron chi connectivity index (χ1n) is 0. The summed E-state index contributed by atoms with van der Waals surface area (Å²) in [5.74, 6) is 0. The van der Waals surface area contributed by atoms with E-state index in [1.54, 1.807) is 0 Å². The molecule has 0 heterocycles. The van der Waals surface area contributed by atoms with Gasteiger partial charge in [0.15, 0.2) is 0 Å². The SMILES string of the molecule is [CH3-].[Ir].[NH2-].[NH2-].[NH2-]. The summed E-state index contributed by atoms with van der Waals surface area (Å²) in [6.07, 6.45) is 0. The fraction of sp³-hybridized carbons (Fsp3) is 0. The first kappa shape index (κ1) is 405. The molecular weight excluding hydrogens is 246 g/mol. The second-order valence-electron chi connectivity index (χ2n) is 0. The van der Waals surface area contributed by atoms with Crippen LogP contribution in [0.3, 0.4) is 0 Å². The van der Waals surface area contributed by atoms with Gasteiger partial charge in [-0.15, -0.1) is 0 Å². The molecule has 0 bridgehead atoms. The molecule has 0 saturated carbocycles. The molecule has 0 fully saturated rings. The third-order valence-electron chi connectivity index (χ3n) is 0. The average molecular weight is 255 g/mol. The molecular formula is CH9IrN3-4. The Hall–Kier alpha value is 0.529. The summed E-state index contributed by atoms with van der Waals surface area (Å²) in [7, 11) is 0. The fourth-order valence-electron chi connectivity index (χ4n) is 0. The summed E-state index contributed by atoms with van der Waals surface area (Å²) in [4.78, 5) is 0. The van der Waals surface area contributed by atoms with Crippen molar-refractivity contribution >= 4 is 0 Å². The summed E-state index contributed by atoms with van der Waals surface area (Å²) >= 11 is 0. The third kappa shape index (κ3) is 103. The molecule has 0 saturated heterocycles. The second-order valence-corrected chi connectivity index (χ2v) is 0. The van der Waals surface area contributed by atoms with Crippen LogP contribution in [0.25, 0.3) is 18.5 Å². The Bertz CT molecular complexity index is 6.85. The molecule has 0 aliphatic rings. The van der Waals surface area contributed by atoms with E-state index in [4.69, 9.17) is 0 Å². The molecule has 0 aliphatic heterocycles. The summed E-state index contributed by atoms with van der Waals surface area (Å²) < 4.78 is 0. The first-order valence-corrected chi connectivity index (χ1v) is 0. The molecule has 0 aromatic carbocycles. The number of hydrogen-bond donors (Lipinski definition) is 0. The summed E-state index contributed by atoms with van der Waals surface area (Å²) in [5, 5.41) is 0. The van der Waals surface area contributed by atoms with E-state index in [1.807, 2.05) is 0 Å². The van der Waals surface area contributed by atoms with Gasteiger partial charge < -0.3 is 25.9 Å². The van der Waals surface area contributed by atoms with Crippen molar-refractivity contribution in [1.29, 1.82) is 0 Å². The van der Waals surface area contributed by atoms with Gasteiger partial charge in [0.25, 0.3) is 0 Å². The van der Waals surface area contributed by atoms with E-state index in [9.17, 15) is 0 Å². The van der Waals surface area contributed by atoms with Crippen molar-refractivity contribution in [2.45, 2.75) is 0 Å². The van der Waals surface area contributed by atoms with Crippen molar-refractivity contribution in [3.63, 3.8) is 0 Å². The zero-order valence-corrected chi connectivity index (χ0v) is 5.46. The van der Waals surface area contributed by atoms with E-state index >= 15 is 0 Å². The molecule has 0 rings (SSSR count). The molecule has 0 spiro atoms. The Morgan fingerprint density at radius 1 is 0.600 bits per heavy atom. The first-order chi connectivity index (χ1) is 0. The van der Waals surface area contributed by atoms with Gasteiger partial charge in [0.1, 0.15) is 0 Å². The van der Waals surface area contributed by atoms with Gasteiger partial charge >= 0.3 is 0 Å². The monoisotopic (exact) mass is 256 g/mol. The van der Waals surface area contributed by atoms with Crippen LogP contribution in [0.4, 0.5) is 0 Å². The molecule has 6 N–H and O–H groups in total. The predicted octanol–water partition coefficient (Wildman–Crippen LogP) is 2.60. The normalized spacial score (nSPS) is 0. The van der Waals surface area contributed by atoms with Crippen molar-refractivity contribution < 1.29 is 20.1 Å². The molecule has 4 heteroatoms. The summed E-state index contributed by atoms with van der Waals surface area (Å²) in [6.45, 7) is 0. The van der Waals surface area contributed by atoms with Crippen molar-refractivity contribution in [3.8, 4) is 0 Å². The maximum absolute atomic E-state index is 0. The Morgan fingerprint density at radius 2 is 0.600 bits per heavy atom. The van der Waals surface area contributed by atoms with Crippen LogP contribution in [0.15, 0.2) is 0 Å². The number of nitrogens with two attached hydrogens (primary N) is 3. The minimum atomic E-state index is 0. The van der Waals surface area contributed by atoms with Crippen molar-refractivity contribution in [3.05, 3.63) is 25.9 Å². The molecule has 0 unspecified atom stereocenters. The molecule has 1 radical (unpaired) electrons. The van der Waals surface area contributed by atoms with Crippen LogP contribution in [0, 0.1) is 7.43 Å². The van der Waals surface area contributed by atoms with Crippen LogP contribution in [-0.2, 0) is 20.1 Å². The molecule has 0 aromatic rings. The Kier molecular flexibility index (Phi) is 16300. The number of hydrogen-bond acceptors (Lipinski definition) is 0. The molecule has 0 amide bonds. The summed E-state index contributed by atoms with van der Waals surface area (Å²) in [5.41, 5.74) is 0. The molecule has 3 nitrogen and oxygen atoms in total. The van der Waals surface area contributed by atoms with Crippen LogP contribution in [0.5, 0.6) is 0 Å². The van der Waals surface area contributed by atoms with E-state index in [1.165, 1.54) is 0 Å². The summed E-state index contributed by atoms with van der Waals surface area (Å²) in [6, 6.07) is 0. The number of rotatable bonds is 0. The smallest absolute Gasteiger partial charge is 0 e. The van der Waals surface area contributed by atoms with Gasteiger partial charge in [-0.25, -0.2) is 0 Å². The maximum atomic E-state index is 0. The largest absolute Gasteiger partial charge is 0.693 e. The van der Waals surface area contributed by atoms with Gasteiger partial charge in [-0.3, -0.25) is 0 Å². The minimum absolute atomic E-state index is 0. The quantitative estimate of drug-likeness (QED) is 0.594. The van der Waals surface area contributed by atoms with Gasteiger partial charge in [0, 0.05) is 20.1 Å². The van der Waals surface area contributed by atoms with E-state index in [0.717, 1.165) is 0 Å².